The Balaban J connectivity index is 1.55. The molecule has 0 atom stereocenters. The van der Waals surface area contributed by atoms with Crippen LogP contribution in [0.4, 0.5) is 5.69 Å². The molecule has 7 heteroatoms. The number of hydrogen-bond acceptors (Lipinski definition) is 5. The third-order valence-electron chi connectivity index (χ3n) is 4.77. The van der Waals surface area contributed by atoms with Crippen molar-refractivity contribution < 1.29 is 17.9 Å². The molecule has 2 aromatic rings. The Kier molecular flexibility index (Phi) is 6.93. The molecule has 6 nitrogen and oxygen atoms in total. The van der Waals surface area contributed by atoms with E-state index < -0.39 is 10.0 Å². The van der Waals surface area contributed by atoms with Crippen molar-refractivity contribution in [1.82, 2.24) is 4.72 Å². The van der Waals surface area contributed by atoms with Gasteiger partial charge in [0.15, 0.2) is 0 Å². The quantitative estimate of drug-likeness (QED) is 0.733. The highest BCUT2D eigenvalue weighted by Crippen LogP contribution is 2.22. The fourth-order valence-electron chi connectivity index (χ4n) is 3.21. The Morgan fingerprint density at radius 2 is 1.82 bits per heavy atom. The minimum atomic E-state index is -3.54. The van der Waals surface area contributed by atoms with Gasteiger partial charge in [-0.1, -0.05) is 12.1 Å². The van der Waals surface area contributed by atoms with Crippen molar-refractivity contribution in [2.24, 2.45) is 0 Å². The van der Waals surface area contributed by atoms with Gasteiger partial charge in [-0.2, -0.15) is 0 Å². The second kappa shape index (κ2) is 9.41. The van der Waals surface area contributed by atoms with Gasteiger partial charge in [-0.25, -0.2) is 13.1 Å². The van der Waals surface area contributed by atoms with Gasteiger partial charge in [0, 0.05) is 25.3 Å². The van der Waals surface area contributed by atoms with Crippen LogP contribution in [0.3, 0.4) is 0 Å². The lowest BCUT2D eigenvalue weighted by Crippen LogP contribution is -2.36. The van der Waals surface area contributed by atoms with Crippen molar-refractivity contribution in [3.8, 4) is 5.75 Å². The highest BCUT2D eigenvalue weighted by Gasteiger charge is 2.15. The molecule has 1 aliphatic rings. The summed E-state index contributed by atoms with van der Waals surface area (Å²) in [5, 5.41) is 0. The van der Waals surface area contributed by atoms with E-state index in [1.165, 1.54) is 5.69 Å². The van der Waals surface area contributed by atoms with Crippen LogP contribution in [0.2, 0.25) is 0 Å². The van der Waals surface area contributed by atoms with Crippen molar-refractivity contribution in [1.29, 1.82) is 0 Å². The molecule has 0 amide bonds. The summed E-state index contributed by atoms with van der Waals surface area (Å²) in [6.07, 6.45) is 0.638. The van der Waals surface area contributed by atoms with E-state index in [0.29, 0.717) is 25.3 Å². The standard InChI is InChI=1S/C21H28N2O4S/c1-3-27-21-9-8-20(16-17(21)2)28(24,25)22-11-10-18-4-6-19(7-5-18)23-12-14-26-15-13-23/h4-9,16,22H,3,10-15H2,1-2H3. The van der Waals surface area contributed by atoms with Crippen LogP contribution in [0.1, 0.15) is 18.1 Å². The lowest BCUT2D eigenvalue weighted by molar-refractivity contribution is 0.122. The molecule has 0 spiro atoms. The molecule has 1 aliphatic heterocycles. The first-order valence-corrected chi connectivity index (χ1v) is 11.1. The molecule has 152 valence electrons. The molecular weight excluding hydrogens is 376 g/mol. The van der Waals surface area contributed by atoms with E-state index in [2.05, 4.69) is 33.9 Å². The van der Waals surface area contributed by atoms with Crippen LogP contribution in [-0.2, 0) is 21.2 Å². The molecule has 3 rings (SSSR count). The van der Waals surface area contributed by atoms with Crippen molar-refractivity contribution in [3.63, 3.8) is 0 Å². The molecule has 2 aromatic carbocycles. The maximum Gasteiger partial charge on any atom is 0.240 e. The third kappa shape index (κ3) is 5.25. The first-order valence-electron chi connectivity index (χ1n) is 9.64. The number of anilines is 1. The highest BCUT2D eigenvalue weighted by atomic mass is 32.2. The zero-order valence-electron chi connectivity index (χ0n) is 16.5. The molecule has 28 heavy (non-hydrogen) atoms. The van der Waals surface area contributed by atoms with Crippen molar-refractivity contribution in [2.45, 2.75) is 25.2 Å². The van der Waals surface area contributed by atoms with E-state index in [0.717, 1.165) is 37.4 Å². The fraction of sp³-hybridized carbons (Fsp3) is 0.429. The Labute approximate surface area is 167 Å². The van der Waals surface area contributed by atoms with Gasteiger partial charge in [0.05, 0.1) is 24.7 Å². The normalized spacial score (nSPS) is 14.9. The Morgan fingerprint density at radius 1 is 1.11 bits per heavy atom. The van der Waals surface area contributed by atoms with E-state index in [9.17, 15) is 8.42 Å². The highest BCUT2D eigenvalue weighted by molar-refractivity contribution is 7.89. The average Bonchev–Trinajstić information content (AvgIpc) is 2.71. The van der Waals surface area contributed by atoms with Crippen molar-refractivity contribution in [2.75, 3.05) is 44.4 Å². The van der Waals surface area contributed by atoms with Gasteiger partial charge in [-0.15, -0.1) is 0 Å². The molecule has 0 radical (unpaired) electrons. The Morgan fingerprint density at radius 3 is 2.46 bits per heavy atom. The predicted molar refractivity (Wildman–Crippen MR) is 111 cm³/mol. The predicted octanol–water partition coefficient (Wildman–Crippen LogP) is 2.75. The van der Waals surface area contributed by atoms with Gasteiger partial charge in [0.1, 0.15) is 5.75 Å². The number of benzene rings is 2. The number of nitrogens with zero attached hydrogens (tertiary/aromatic N) is 1. The summed E-state index contributed by atoms with van der Waals surface area (Å²) in [6.45, 7) is 7.98. The summed E-state index contributed by atoms with van der Waals surface area (Å²) in [5.74, 6) is 0.710. The molecule has 0 unspecified atom stereocenters. The van der Waals surface area contributed by atoms with Crippen molar-refractivity contribution in [3.05, 3.63) is 53.6 Å². The molecule has 1 saturated heterocycles. The van der Waals surface area contributed by atoms with E-state index in [4.69, 9.17) is 9.47 Å². The van der Waals surface area contributed by atoms with E-state index in [1.54, 1.807) is 18.2 Å². The minimum Gasteiger partial charge on any atom is -0.494 e. The fourth-order valence-corrected chi connectivity index (χ4v) is 4.33. The summed E-state index contributed by atoms with van der Waals surface area (Å²) in [5.41, 5.74) is 3.09. The van der Waals surface area contributed by atoms with Gasteiger partial charge in [-0.3, -0.25) is 0 Å². The van der Waals surface area contributed by atoms with Crippen LogP contribution < -0.4 is 14.4 Å². The number of hydrogen-bond donors (Lipinski definition) is 1. The Hall–Kier alpha value is -2.09. The smallest absolute Gasteiger partial charge is 0.240 e. The average molecular weight is 405 g/mol. The third-order valence-corrected chi connectivity index (χ3v) is 6.23. The zero-order chi connectivity index (χ0) is 20.0. The first-order chi connectivity index (χ1) is 13.5. The van der Waals surface area contributed by atoms with Crippen LogP contribution in [0.25, 0.3) is 0 Å². The number of ether oxygens (including phenoxy) is 2. The summed E-state index contributed by atoms with van der Waals surface area (Å²) >= 11 is 0. The van der Waals surface area contributed by atoms with Crippen molar-refractivity contribution >= 4 is 15.7 Å². The summed E-state index contributed by atoms with van der Waals surface area (Å²) in [4.78, 5) is 2.56. The van der Waals surface area contributed by atoms with E-state index >= 15 is 0 Å². The molecular formula is C21H28N2O4S. The van der Waals surface area contributed by atoms with Gasteiger partial charge >= 0.3 is 0 Å². The second-order valence-corrected chi connectivity index (χ2v) is 8.54. The molecule has 0 aliphatic carbocycles. The van der Waals surface area contributed by atoms with Crippen LogP contribution in [0.5, 0.6) is 5.75 Å². The lowest BCUT2D eigenvalue weighted by Gasteiger charge is -2.28. The topological polar surface area (TPSA) is 67.9 Å². The molecule has 0 saturated carbocycles. The molecule has 1 N–H and O–H groups in total. The number of rotatable bonds is 8. The maximum atomic E-state index is 12.5. The van der Waals surface area contributed by atoms with Crippen LogP contribution in [-0.4, -0.2) is 47.9 Å². The molecule has 0 aromatic heterocycles. The summed E-state index contributed by atoms with van der Waals surface area (Å²) < 4.78 is 38.6. The number of nitrogens with one attached hydrogen (secondary N) is 1. The maximum absolute atomic E-state index is 12.5. The minimum absolute atomic E-state index is 0.260. The second-order valence-electron chi connectivity index (χ2n) is 6.77. The Bertz CT molecular complexity index is 876. The van der Waals surface area contributed by atoms with E-state index in [1.807, 2.05) is 13.8 Å². The van der Waals surface area contributed by atoms with Gasteiger partial charge in [0.2, 0.25) is 10.0 Å². The van der Waals surface area contributed by atoms with Crippen LogP contribution in [0.15, 0.2) is 47.4 Å². The monoisotopic (exact) mass is 404 g/mol. The molecule has 0 bridgehead atoms. The van der Waals surface area contributed by atoms with E-state index in [-0.39, 0.29) is 4.90 Å². The van der Waals surface area contributed by atoms with Gasteiger partial charge in [0.25, 0.3) is 0 Å². The van der Waals surface area contributed by atoms with Gasteiger partial charge in [-0.05, 0) is 61.7 Å². The van der Waals surface area contributed by atoms with Gasteiger partial charge < -0.3 is 14.4 Å². The van der Waals surface area contributed by atoms with Crippen LogP contribution >= 0.6 is 0 Å². The first kappa shape index (κ1) is 20.6. The zero-order valence-corrected chi connectivity index (χ0v) is 17.3. The number of morpholine rings is 1. The van der Waals surface area contributed by atoms with Crippen LogP contribution in [0, 0.1) is 6.92 Å². The SMILES string of the molecule is CCOc1ccc(S(=O)(=O)NCCc2ccc(N3CCOCC3)cc2)cc1C. The lowest BCUT2D eigenvalue weighted by atomic mass is 10.1. The number of sulfonamides is 1. The number of aryl methyl sites for hydroxylation is 1. The largest absolute Gasteiger partial charge is 0.494 e. The summed E-state index contributed by atoms with van der Waals surface area (Å²) in [7, 11) is -3.54. The summed E-state index contributed by atoms with van der Waals surface area (Å²) in [6, 6.07) is 13.2. The molecule has 1 heterocycles. The molecule has 1 fully saturated rings.